The zero-order valence-electron chi connectivity index (χ0n) is 8.02. The van der Waals surface area contributed by atoms with E-state index >= 15 is 0 Å². The van der Waals surface area contributed by atoms with Crippen LogP contribution in [0.2, 0.25) is 0 Å². The molecule has 0 radical (unpaired) electrons. The summed E-state index contributed by atoms with van der Waals surface area (Å²) in [4.78, 5) is 44.2. The summed E-state index contributed by atoms with van der Waals surface area (Å²) >= 11 is 0. The van der Waals surface area contributed by atoms with Gasteiger partial charge in [0, 0.05) is 12.8 Å². The van der Waals surface area contributed by atoms with Gasteiger partial charge in [-0.05, 0) is 12.8 Å². The summed E-state index contributed by atoms with van der Waals surface area (Å²) in [6.45, 7) is 0. The molecule has 2 aliphatic carbocycles. The van der Waals surface area contributed by atoms with Crippen molar-refractivity contribution in [2.45, 2.75) is 25.7 Å². The molecule has 2 rings (SSSR count). The molecule has 5 heteroatoms. The molecular formula is C10H10O5. The molecule has 2 fully saturated rings. The van der Waals surface area contributed by atoms with Crippen LogP contribution in [0.5, 0.6) is 0 Å². The van der Waals surface area contributed by atoms with Gasteiger partial charge in [0.05, 0.1) is 0 Å². The van der Waals surface area contributed by atoms with E-state index in [9.17, 15) is 19.2 Å². The van der Waals surface area contributed by atoms with E-state index in [1.165, 1.54) is 0 Å². The Morgan fingerprint density at radius 1 is 0.933 bits per heavy atom. The Kier molecular flexibility index (Phi) is 2.38. The predicted molar refractivity (Wildman–Crippen MR) is 46.6 cm³/mol. The Labute approximate surface area is 85.8 Å². The predicted octanol–water partition coefficient (Wildman–Crippen LogP) is 0.0144. The lowest BCUT2D eigenvalue weighted by Crippen LogP contribution is -2.40. The highest BCUT2D eigenvalue weighted by Gasteiger charge is 2.41. The van der Waals surface area contributed by atoms with Gasteiger partial charge in [0.1, 0.15) is 23.4 Å². The van der Waals surface area contributed by atoms with Crippen molar-refractivity contribution in [2.75, 3.05) is 0 Å². The van der Waals surface area contributed by atoms with Gasteiger partial charge in [-0.3, -0.25) is 19.2 Å². The van der Waals surface area contributed by atoms with Crippen molar-refractivity contribution < 1.29 is 23.9 Å². The maximum atomic E-state index is 11.2. The maximum absolute atomic E-state index is 11.2. The lowest BCUT2D eigenvalue weighted by Gasteiger charge is -2.24. The number of carbonyl (C=O) groups excluding carboxylic acids is 4. The van der Waals surface area contributed by atoms with Crippen LogP contribution in [0.25, 0.3) is 0 Å². The first-order valence-corrected chi connectivity index (χ1v) is 4.90. The third-order valence-corrected chi connectivity index (χ3v) is 2.91. The molecule has 0 amide bonds. The van der Waals surface area contributed by atoms with Crippen molar-refractivity contribution in [3.05, 3.63) is 0 Å². The first kappa shape index (κ1) is 10.0. The highest BCUT2D eigenvalue weighted by Crippen LogP contribution is 2.27. The summed E-state index contributed by atoms with van der Waals surface area (Å²) in [5.41, 5.74) is 0. The fraction of sp³-hybridized carbons (Fsp3) is 0.600. The summed E-state index contributed by atoms with van der Waals surface area (Å²) < 4.78 is 4.48. The summed E-state index contributed by atoms with van der Waals surface area (Å²) in [5.74, 6) is -3.51. The molecule has 0 heterocycles. The lowest BCUT2D eigenvalue weighted by molar-refractivity contribution is -0.170. The van der Waals surface area contributed by atoms with Gasteiger partial charge in [-0.15, -0.1) is 0 Å². The minimum absolute atomic E-state index is 0.187. The van der Waals surface area contributed by atoms with Gasteiger partial charge in [0.2, 0.25) is 0 Å². The molecule has 0 aliphatic heterocycles. The van der Waals surface area contributed by atoms with Gasteiger partial charge in [0.15, 0.2) is 0 Å². The second-order valence-corrected chi connectivity index (χ2v) is 3.86. The van der Waals surface area contributed by atoms with Crippen LogP contribution in [-0.2, 0) is 23.9 Å². The second kappa shape index (κ2) is 3.56. The van der Waals surface area contributed by atoms with Crippen LogP contribution in [0, 0.1) is 11.8 Å². The minimum Gasteiger partial charge on any atom is -0.392 e. The topological polar surface area (TPSA) is 77.5 Å². The van der Waals surface area contributed by atoms with Crippen molar-refractivity contribution in [1.82, 2.24) is 0 Å². The Bertz CT molecular complexity index is 323. The van der Waals surface area contributed by atoms with Crippen molar-refractivity contribution in [3.8, 4) is 0 Å². The van der Waals surface area contributed by atoms with E-state index in [0.717, 1.165) is 0 Å². The lowest BCUT2D eigenvalue weighted by atomic mass is 9.83. The van der Waals surface area contributed by atoms with E-state index in [0.29, 0.717) is 25.7 Å². The fourth-order valence-electron chi connectivity index (χ4n) is 1.55. The Morgan fingerprint density at radius 3 is 1.53 bits per heavy atom. The number of Topliss-reactive ketones (excluding diaryl/α,β-unsaturated/α-hetero) is 2. The molecule has 2 saturated carbocycles. The molecule has 2 unspecified atom stereocenters. The third-order valence-electron chi connectivity index (χ3n) is 2.91. The third kappa shape index (κ3) is 1.69. The zero-order chi connectivity index (χ0) is 11.0. The smallest absolute Gasteiger partial charge is 0.324 e. The van der Waals surface area contributed by atoms with Crippen molar-refractivity contribution in [2.24, 2.45) is 11.8 Å². The van der Waals surface area contributed by atoms with Crippen LogP contribution in [0.1, 0.15) is 25.7 Å². The first-order chi connectivity index (χ1) is 7.09. The van der Waals surface area contributed by atoms with Gasteiger partial charge in [0.25, 0.3) is 0 Å². The van der Waals surface area contributed by atoms with E-state index in [-0.39, 0.29) is 11.6 Å². The van der Waals surface area contributed by atoms with Crippen LogP contribution in [-0.4, -0.2) is 23.5 Å². The number of carbonyl (C=O) groups is 4. The molecular weight excluding hydrogens is 200 g/mol. The monoisotopic (exact) mass is 210 g/mol. The standard InChI is InChI=1S/C10H10O5/c11-7-3-1-5(7)9(13)15-10(14)6-2-4-8(6)12/h5-6H,1-4H2. The number of hydrogen-bond acceptors (Lipinski definition) is 5. The average molecular weight is 210 g/mol. The van der Waals surface area contributed by atoms with Gasteiger partial charge in [-0.25, -0.2) is 0 Å². The number of esters is 2. The molecule has 80 valence electrons. The van der Waals surface area contributed by atoms with E-state index < -0.39 is 23.8 Å². The molecule has 0 aromatic heterocycles. The van der Waals surface area contributed by atoms with Crippen LogP contribution in [0.15, 0.2) is 0 Å². The largest absolute Gasteiger partial charge is 0.392 e. The van der Waals surface area contributed by atoms with E-state index in [1.54, 1.807) is 0 Å². The Hall–Kier alpha value is -1.52. The average Bonchev–Trinajstić information content (AvgIpc) is 2.12. The molecule has 0 spiro atoms. The second-order valence-electron chi connectivity index (χ2n) is 3.86. The van der Waals surface area contributed by atoms with Gasteiger partial charge in [-0.1, -0.05) is 0 Å². The molecule has 0 N–H and O–H groups in total. The van der Waals surface area contributed by atoms with Crippen LogP contribution in [0.4, 0.5) is 0 Å². The maximum Gasteiger partial charge on any atom is 0.324 e. The minimum atomic E-state index is -0.795. The quantitative estimate of drug-likeness (QED) is 0.474. The fourth-order valence-corrected chi connectivity index (χ4v) is 1.55. The molecule has 0 bridgehead atoms. The molecule has 0 aromatic rings. The summed E-state index contributed by atoms with van der Waals surface area (Å²) in [5, 5.41) is 0. The molecule has 0 saturated heterocycles. The highest BCUT2D eigenvalue weighted by atomic mass is 16.6. The van der Waals surface area contributed by atoms with Crippen LogP contribution >= 0.6 is 0 Å². The van der Waals surface area contributed by atoms with Gasteiger partial charge >= 0.3 is 11.9 Å². The summed E-state index contributed by atoms with van der Waals surface area (Å²) in [6, 6.07) is 0. The van der Waals surface area contributed by atoms with Gasteiger partial charge in [-0.2, -0.15) is 0 Å². The van der Waals surface area contributed by atoms with E-state index in [4.69, 9.17) is 0 Å². The zero-order valence-corrected chi connectivity index (χ0v) is 8.02. The van der Waals surface area contributed by atoms with Crippen molar-refractivity contribution in [1.29, 1.82) is 0 Å². The first-order valence-electron chi connectivity index (χ1n) is 4.90. The number of rotatable bonds is 2. The SMILES string of the molecule is O=C1CCC1C(=O)OC(=O)C1CCC1=O. The van der Waals surface area contributed by atoms with E-state index in [2.05, 4.69) is 4.74 Å². The van der Waals surface area contributed by atoms with Crippen molar-refractivity contribution in [3.63, 3.8) is 0 Å². The molecule has 2 atom stereocenters. The molecule has 2 aliphatic rings. The number of ketones is 2. The Balaban J connectivity index is 1.86. The van der Waals surface area contributed by atoms with E-state index in [1.807, 2.05) is 0 Å². The van der Waals surface area contributed by atoms with Crippen LogP contribution < -0.4 is 0 Å². The van der Waals surface area contributed by atoms with Crippen molar-refractivity contribution >= 4 is 23.5 Å². The van der Waals surface area contributed by atoms with Gasteiger partial charge < -0.3 is 4.74 Å². The highest BCUT2D eigenvalue weighted by molar-refractivity contribution is 6.10. The normalized spacial score (nSPS) is 29.1. The number of hydrogen-bond donors (Lipinski definition) is 0. The molecule has 0 aromatic carbocycles. The number of ether oxygens (including phenoxy) is 1. The molecule has 15 heavy (non-hydrogen) atoms. The summed E-state index contributed by atoms with van der Waals surface area (Å²) in [6.07, 6.45) is 1.64. The summed E-state index contributed by atoms with van der Waals surface area (Å²) in [7, 11) is 0. The molecule has 5 nitrogen and oxygen atoms in total. The van der Waals surface area contributed by atoms with Crippen LogP contribution in [0.3, 0.4) is 0 Å². The Morgan fingerprint density at radius 2 is 1.33 bits per heavy atom.